The molecule has 0 radical (unpaired) electrons. The SMILES string of the molecule is CCCCCCCC[P+](CCCCCCCC)(CCCCCCCC)c1ccccc1.[SiH4]. The van der Waals surface area contributed by atoms with Crippen molar-refractivity contribution in [2.45, 2.75) is 136 Å². The molecule has 0 nitrogen and oxygen atoms in total. The second kappa shape index (κ2) is 22.6. The van der Waals surface area contributed by atoms with Crippen molar-refractivity contribution in [3.05, 3.63) is 30.3 Å². The lowest BCUT2D eigenvalue weighted by Crippen LogP contribution is -2.21. The van der Waals surface area contributed by atoms with Crippen LogP contribution in [0.15, 0.2) is 30.3 Å². The molecule has 32 heavy (non-hydrogen) atoms. The van der Waals surface area contributed by atoms with E-state index in [1.54, 1.807) is 5.30 Å². The lowest BCUT2D eigenvalue weighted by Gasteiger charge is -2.28. The van der Waals surface area contributed by atoms with E-state index in [2.05, 4.69) is 51.1 Å². The van der Waals surface area contributed by atoms with Crippen LogP contribution in [0.5, 0.6) is 0 Å². The predicted molar refractivity (Wildman–Crippen MR) is 159 cm³/mol. The number of unbranched alkanes of at least 4 members (excludes halogenated alkanes) is 15. The lowest BCUT2D eigenvalue weighted by atomic mass is 10.1. The molecule has 0 N–H and O–H groups in total. The van der Waals surface area contributed by atoms with Gasteiger partial charge in [-0.05, 0) is 61.6 Å². The fourth-order valence-electron chi connectivity index (χ4n) is 5.05. The Labute approximate surface area is 208 Å². The first kappa shape index (κ1) is 31.9. The molecule has 0 aromatic heterocycles. The highest BCUT2D eigenvalue weighted by Crippen LogP contribution is 2.59. The zero-order chi connectivity index (χ0) is 22.5. The first-order valence-corrected chi connectivity index (χ1v) is 16.5. The molecule has 0 heterocycles. The minimum atomic E-state index is -1.02. The van der Waals surface area contributed by atoms with Crippen LogP contribution in [0.25, 0.3) is 0 Å². The monoisotopic (exact) mass is 479 g/mol. The molecule has 0 saturated carbocycles. The molecule has 0 aliphatic carbocycles. The summed E-state index contributed by atoms with van der Waals surface area (Å²) in [6.45, 7) is 6.98. The molecule has 0 amide bonds. The Morgan fingerprint density at radius 2 is 0.750 bits per heavy atom. The average molecular weight is 480 g/mol. The van der Waals surface area contributed by atoms with Gasteiger partial charge in [0.1, 0.15) is 0 Å². The normalized spacial score (nSPS) is 11.5. The third-order valence-electron chi connectivity index (χ3n) is 7.12. The Kier molecular flexibility index (Phi) is 22.6. The van der Waals surface area contributed by atoms with Gasteiger partial charge in [0, 0.05) is 7.26 Å². The minimum absolute atomic E-state index is 0. The maximum Gasteiger partial charge on any atom is 0.0939 e. The van der Waals surface area contributed by atoms with Crippen molar-refractivity contribution >= 4 is 23.5 Å². The van der Waals surface area contributed by atoms with E-state index in [4.69, 9.17) is 0 Å². The van der Waals surface area contributed by atoms with Crippen LogP contribution in [0, 0.1) is 0 Å². The maximum atomic E-state index is 2.50. The van der Waals surface area contributed by atoms with Gasteiger partial charge in [0.2, 0.25) is 0 Å². The van der Waals surface area contributed by atoms with Crippen LogP contribution in [0.4, 0.5) is 0 Å². The van der Waals surface area contributed by atoms with E-state index in [-0.39, 0.29) is 11.0 Å². The molecular weight excluding hydrogens is 419 g/mol. The highest BCUT2D eigenvalue weighted by molar-refractivity contribution is 7.82. The first-order chi connectivity index (χ1) is 15.3. The van der Waals surface area contributed by atoms with Gasteiger partial charge in [-0.2, -0.15) is 0 Å². The highest BCUT2D eigenvalue weighted by atomic mass is 31.2. The molecule has 1 aromatic rings. The number of hydrogen-bond donors (Lipinski definition) is 0. The van der Waals surface area contributed by atoms with Crippen molar-refractivity contribution in [2.75, 3.05) is 18.5 Å². The van der Waals surface area contributed by atoms with E-state index in [0.717, 1.165) is 0 Å². The van der Waals surface area contributed by atoms with Crippen LogP contribution < -0.4 is 5.30 Å². The molecule has 0 aliphatic rings. The minimum Gasteiger partial charge on any atom is -0.0654 e. The van der Waals surface area contributed by atoms with Crippen molar-refractivity contribution in [3.63, 3.8) is 0 Å². The molecule has 1 rings (SSSR count). The predicted octanol–water partition coefficient (Wildman–Crippen LogP) is 8.96. The summed E-state index contributed by atoms with van der Waals surface area (Å²) in [5.41, 5.74) is 0. The smallest absolute Gasteiger partial charge is 0.0654 e. The van der Waals surface area contributed by atoms with Gasteiger partial charge in [0.15, 0.2) is 0 Å². The molecule has 1 aromatic carbocycles. The lowest BCUT2D eigenvalue weighted by molar-refractivity contribution is 0.616. The molecule has 0 unspecified atom stereocenters. The van der Waals surface area contributed by atoms with E-state index < -0.39 is 7.26 Å². The topological polar surface area (TPSA) is 0 Å². The molecule has 2 heteroatoms. The summed E-state index contributed by atoms with van der Waals surface area (Å²) in [7, 11) is -1.02. The standard InChI is InChI=1S/C30H56P.H4Si/c1-4-7-10-13-16-22-27-31(30-25-20-19-21-26-30,28-23-17-14-11-8-5-2)29-24-18-15-12-9-6-3;/h19-21,25-26H,4-18,22-24,27-29H2,1-3H3;1H4/q+1;. The third-order valence-corrected chi connectivity index (χ3v) is 12.0. The second-order valence-corrected chi connectivity index (χ2v) is 14.1. The maximum absolute atomic E-state index is 2.50. The Hall–Kier alpha value is -0.133. The fraction of sp³-hybridized carbons (Fsp3) is 0.800. The van der Waals surface area contributed by atoms with Crippen molar-refractivity contribution in [1.29, 1.82) is 0 Å². The van der Waals surface area contributed by atoms with Crippen LogP contribution >= 0.6 is 7.26 Å². The number of benzene rings is 1. The number of hydrogen-bond acceptors (Lipinski definition) is 0. The zero-order valence-corrected chi connectivity index (χ0v) is 22.6. The van der Waals surface area contributed by atoms with Crippen molar-refractivity contribution in [1.82, 2.24) is 0 Å². The zero-order valence-electron chi connectivity index (χ0n) is 21.7. The molecular formula is C30H60PSi+. The van der Waals surface area contributed by atoms with E-state index in [1.165, 1.54) is 134 Å². The van der Waals surface area contributed by atoms with Gasteiger partial charge in [-0.3, -0.25) is 0 Å². The van der Waals surface area contributed by atoms with Crippen LogP contribution in [-0.2, 0) is 0 Å². The van der Waals surface area contributed by atoms with Gasteiger partial charge >= 0.3 is 0 Å². The van der Waals surface area contributed by atoms with Crippen molar-refractivity contribution in [3.8, 4) is 0 Å². The van der Waals surface area contributed by atoms with Crippen LogP contribution in [-0.4, -0.2) is 29.5 Å². The van der Waals surface area contributed by atoms with E-state index in [1.807, 2.05) is 0 Å². The van der Waals surface area contributed by atoms with E-state index in [0.29, 0.717) is 0 Å². The molecule has 0 saturated heterocycles. The van der Waals surface area contributed by atoms with Crippen molar-refractivity contribution < 1.29 is 0 Å². The average Bonchev–Trinajstić information content (AvgIpc) is 2.80. The summed E-state index contributed by atoms with van der Waals surface area (Å²) in [4.78, 5) is 0. The summed E-state index contributed by atoms with van der Waals surface area (Å²) in [6, 6.07) is 11.8. The van der Waals surface area contributed by atoms with Crippen LogP contribution in [0.1, 0.15) is 136 Å². The molecule has 0 aliphatic heterocycles. The molecule has 188 valence electrons. The van der Waals surface area contributed by atoms with Gasteiger partial charge in [-0.15, -0.1) is 0 Å². The van der Waals surface area contributed by atoms with Gasteiger partial charge in [0.05, 0.1) is 23.8 Å². The molecule has 0 atom stereocenters. The van der Waals surface area contributed by atoms with Gasteiger partial charge in [-0.1, -0.05) is 116 Å². The summed E-state index contributed by atoms with van der Waals surface area (Å²) in [5.74, 6) is 0. The van der Waals surface area contributed by atoms with Crippen molar-refractivity contribution in [2.24, 2.45) is 0 Å². The Morgan fingerprint density at radius 1 is 0.438 bits per heavy atom. The number of rotatable bonds is 22. The Morgan fingerprint density at radius 3 is 1.09 bits per heavy atom. The molecule has 0 bridgehead atoms. The molecule has 0 fully saturated rings. The van der Waals surface area contributed by atoms with Crippen LogP contribution in [0.2, 0.25) is 0 Å². The largest absolute Gasteiger partial charge is 0.0939 e. The van der Waals surface area contributed by atoms with Gasteiger partial charge in [-0.25, -0.2) is 0 Å². The second-order valence-electron chi connectivity index (χ2n) is 9.95. The summed E-state index contributed by atoms with van der Waals surface area (Å²) in [5, 5.41) is 1.76. The first-order valence-electron chi connectivity index (χ1n) is 14.2. The Bertz CT molecular complexity index is 446. The van der Waals surface area contributed by atoms with E-state index in [9.17, 15) is 0 Å². The summed E-state index contributed by atoms with van der Waals surface area (Å²) < 4.78 is 0. The Balaban J connectivity index is 0.00000961. The fourth-order valence-corrected chi connectivity index (χ4v) is 9.79. The molecule has 0 spiro atoms. The quantitative estimate of drug-likeness (QED) is 0.0884. The third kappa shape index (κ3) is 14.9. The van der Waals surface area contributed by atoms with Gasteiger partial charge < -0.3 is 0 Å². The van der Waals surface area contributed by atoms with Gasteiger partial charge in [0.25, 0.3) is 0 Å². The van der Waals surface area contributed by atoms with Crippen LogP contribution in [0.3, 0.4) is 0 Å². The summed E-state index contributed by atoms with van der Waals surface area (Å²) >= 11 is 0. The highest BCUT2D eigenvalue weighted by Gasteiger charge is 2.38. The van der Waals surface area contributed by atoms with E-state index >= 15 is 0 Å². The summed E-state index contributed by atoms with van der Waals surface area (Å²) in [6.07, 6.45) is 30.4.